The molecule has 0 aromatic heterocycles. The molecule has 0 radical (unpaired) electrons. The second-order valence-corrected chi connectivity index (χ2v) is 29.4. The fraction of sp³-hybridized carbons (Fsp3) is 0.500. The van der Waals surface area contributed by atoms with Crippen LogP contribution in [0.1, 0.15) is 65.2 Å². The van der Waals surface area contributed by atoms with E-state index in [4.69, 9.17) is 0 Å². The van der Waals surface area contributed by atoms with E-state index in [0.717, 1.165) is 0 Å². The summed E-state index contributed by atoms with van der Waals surface area (Å²) in [4.78, 5) is 0. The van der Waals surface area contributed by atoms with Gasteiger partial charge in [-0.25, -0.2) is 0 Å². The molecule has 0 unspecified atom stereocenters. The first-order valence-corrected chi connectivity index (χ1v) is 30.6. The van der Waals surface area contributed by atoms with Crippen molar-refractivity contribution in [3.8, 4) is 0 Å². The van der Waals surface area contributed by atoms with Gasteiger partial charge in [-0.2, -0.15) is 0 Å². The molecule has 0 bridgehead atoms. The molecular weight excluding hydrogens is 897 g/mol. The van der Waals surface area contributed by atoms with Crippen LogP contribution in [-0.4, -0.2) is 36.5 Å². The van der Waals surface area contributed by atoms with E-state index in [1.165, 1.54) is 115 Å². The van der Waals surface area contributed by atoms with E-state index in [1.54, 1.807) is 8.47 Å². The standard InChI is InChI=1S/C32H40S16/c1-7-9-11-13-15-37-27-28(38-16-14-12-10-8-2)46-31(45-27)32-47-29-30(48-32)42-21(41-29)18-19(22-43-25(35-5)26(36-6)44-22)17-20-39-23(33-3)24(34-4)40-20/h17-18H,7-16H2,1-6H3. The van der Waals surface area contributed by atoms with E-state index in [9.17, 15) is 0 Å². The van der Waals surface area contributed by atoms with E-state index in [-0.39, 0.29) is 0 Å². The first-order valence-electron chi connectivity index (χ1n) is 15.6. The lowest BCUT2D eigenvalue weighted by atomic mass is 10.2. The summed E-state index contributed by atoms with van der Waals surface area (Å²) in [5.74, 6) is 2.50. The third-order valence-corrected chi connectivity index (χ3v) is 28.8. The summed E-state index contributed by atoms with van der Waals surface area (Å²) in [5.41, 5.74) is 1.36. The van der Waals surface area contributed by atoms with Gasteiger partial charge in [0.25, 0.3) is 0 Å². The van der Waals surface area contributed by atoms with Gasteiger partial charge in [-0.3, -0.25) is 0 Å². The van der Waals surface area contributed by atoms with Crippen molar-refractivity contribution in [1.82, 2.24) is 0 Å². The van der Waals surface area contributed by atoms with Crippen molar-refractivity contribution >= 4 is 188 Å². The molecule has 0 aromatic rings. The average molecular weight is 938 g/mol. The average Bonchev–Trinajstić information content (AvgIpc) is 3.92. The minimum Gasteiger partial charge on any atom is -0.121 e. The van der Waals surface area contributed by atoms with Gasteiger partial charge >= 0.3 is 0 Å². The highest BCUT2D eigenvalue weighted by Gasteiger charge is 2.35. The minimum atomic E-state index is 1.25. The minimum absolute atomic E-state index is 1.25. The van der Waals surface area contributed by atoms with Crippen molar-refractivity contribution in [1.29, 1.82) is 0 Å². The number of hydrogen-bond donors (Lipinski definition) is 0. The van der Waals surface area contributed by atoms with Crippen LogP contribution in [0, 0.1) is 0 Å². The highest BCUT2D eigenvalue weighted by atomic mass is 32.3. The van der Waals surface area contributed by atoms with Crippen LogP contribution >= 0.6 is 188 Å². The first kappa shape index (κ1) is 42.7. The van der Waals surface area contributed by atoms with E-state index < -0.39 is 0 Å². The fourth-order valence-corrected chi connectivity index (χ4v) is 26.7. The molecule has 0 fully saturated rings. The number of unbranched alkanes of at least 4 members (excludes halogenated alkanes) is 6. The molecule has 264 valence electrons. The number of hydrogen-bond acceptors (Lipinski definition) is 16. The van der Waals surface area contributed by atoms with E-state index in [1.807, 2.05) is 141 Å². The van der Waals surface area contributed by atoms with Gasteiger partial charge in [-0.05, 0) is 67.1 Å². The Bertz CT molecular complexity index is 1360. The highest BCUT2D eigenvalue weighted by Crippen LogP contribution is 2.71. The van der Waals surface area contributed by atoms with Gasteiger partial charge in [0.1, 0.15) is 0 Å². The summed E-state index contributed by atoms with van der Waals surface area (Å²) in [6.07, 6.45) is 24.5. The summed E-state index contributed by atoms with van der Waals surface area (Å²) < 4.78 is 19.0. The zero-order chi connectivity index (χ0) is 33.9. The number of allylic oxidation sites excluding steroid dienone is 3. The molecule has 0 aromatic carbocycles. The predicted octanol–water partition coefficient (Wildman–Crippen LogP) is 18.0. The lowest BCUT2D eigenvalue weighted by molar-refractivity contribution is 0.707. The third-order valence-electron chi connectivity index (χ3n) is 6.70. The van der Waals surface area contributed by atoms with Gasteiger partial charge in [0.2, 0.25) is 0 Å². The molecule has 5 heterocycles. The lowest BCUT2D eigenvalue weighted by Gasteiger charge is -2.08. The molecule has 0 saturated carbocycles. The monoisotopic (exact) mass is 936 g/mol. The second kappa shape index (κ2) is 22.9. The Balaban J connectivity index is 1.26. The molecule has 48 heavy (non-hydrogen) atoms. The zero-order valence-corrected chi connectivity index (χ0v) is 40.8. The Kier molecular flexibility index (Phi) is 20.4. The van der Waals surface area contributed by atoms with Crippen molar-refractivity contribution in [2.75, 3.05) is 36.5 Å². The molecule has 0 nitrogen and oxygen atoms in total. The maximum absolute atomic E-state index is 2.48. The van der Waals surface area contributed by atoms with Crippen molar-refractivity contribution in [3.05, 3.63) is 72.8 Å². The number of thioether (sulfide) groups is 16. The maximum atomic E-state index is 2.48. The second-order valence-electron chi connectivity index (χ2n) is 10.2. The Morgan fingerprint density at radius 1 is 0.438 bits per heavy atom. The summed E-state index contributed by atoms with van der Waals surface area (Å²) in [5, 5.41) is 0. The Hall–Kier alpha value is 3.52. The van der Waals surface area contributed by atoms with Crippen molar-refractivity contribution in [2.45, 2.75) is 65.2 Å². The van der Waals surface area contributed by atoms with Gasteiger partial charge < -0.3 is 0 Å². The normalized spacial score (nSPS) is 19.8. The third kappa shape index (κ3) is 12.3. The number of rotatable bonds is 18. The maximum Gasteiger partial charge on any atom is 0.0718 e. The van der Waals surface area contributed by atoms with Crippen LogP contribution in [0.25, 0.3) is 0 Å². The summed E-state index contributed by atoms with van der Waals surface area (Å²) in [6.45, 7) is 4.61. The van der Waals surface area contributed by atoms with Crippen LogP contribution in [0.15, 0.2) is 72.8 Å². The molecule has 0 atom stereocenters. The van der Waals surface area contributed by atoms with Crippen LogP contribution in [0.4, 0.5) is 0 Å². The topological polar surface area (TPSA) is 0 Å². The Morgan fingerprint density at radius 2 is 0.833 bits per heavy atom. The highest BCUT2D eigenvalue weighted by molar-refractivity contribution is 8.50. The Morgan fingerprint density at radius 3 is 1.27 bits per heavy atom. The van der Waals surface area contributed by atoms with Crippen molar-refractivity contribution in [2.24, 2.45) is 0 Å². The van der Waals surface area contributed by atoms with Crippen LogP contribution in [0.5, 0.6) is 0 Å². The van der Waals surface area contributed by atoms with Crippen LogP contribution < -0.4 is 0 Å². The molecule has 5 aliphatic rings. The largest absolute Gasteiger partial charge is 0.121 e. The molecule has 5 aliphatic heterocycles. The molecule has 5 rings (SSSR count). The van der Waals surface area contributed by atoms with Crippen molar-refractivity contribution < 1.29 is 0 Å². The SMILES string of the molecule is CCCCCCSC1=C(SCCCCCC)SC(=C2SC3=C(SC(=CC(C=C4SC(SC)=C(SC)S4)=C4SC(SC)=C(SC)S4)S3)S2)S1. The zero-order valence-electron chi connectivity index (χ0n) is 27.8. The van der Waals surface area contributed by atoms with E-state index in [0.29, 0.717) is 0 Å². The van der Waals surface area contributed by atoms with E-state index >= 15 is 0 Å². The molecule has 0 spiro atoms. The van der Waals surface area contributed by atoms with Gasteiger partial charge in [0, 0.05) is 0 Å². The van der Waals surface area contributed by atoms with Crippen molar-refractivity contribution in [3.63, 3.8) is 0 Å². The molecule has 16 heteroatoms. The van der Waals surface area contributed by atoms with Gasteiger partial charge in [0.05, 0.1) is 55.1 Å². The predicted molar refractivity (Wildman–Crippen MR) is 261 cm³/mol. The fourth-order valence-electron chi connectivity index (χ4n) is 4.31. The van der Waals surface area contributed by atoms with Crippen LogP contribution in [-0.2, 0) is 0 Å². The Labute approximate surface area is 357 Å². The molecule has 0 amide bonds. The van der Waals surface area contributed by atoms with Crippen LogP contribution in [0.3, 0.4) is 0 Å². The summed E-state index contributed by atoms with van der Waals surface area (Å²) in [6, 6.07) is 0. The smallest absolute Gasteiger partial charge is 0.0718 e. The van der Waals surface area contributed by atoms with Gasteiger partial charge in [0.15, 0.2) is 0 Å². The molecule has 0 N–H and O–H groups in total. The van der Waals surface area contributed by atoms with E-state index in [2.05, 4.69) is 98.1 Å². The summed E-state index contributed by atoms with van der Waals surface area (Å²) >= 11 is 31.7. The quantitative estimate of drug-likeness (QED) is 0.120. The van der Waals surface area contributed by atoms with Crippen LogP contribution in [0.2, 0.25) is 0 Å². The first-order chi connectivity index (χ1) is 23.5. The van der Waals surface area contributed by atoms with Gasteiger partial charge in [-0.15, -0.1) is 70.6 Å². The van der Waals surface area contributed by atoms with Gasteiger partial charge in [-0.1, -0.05) is 170 Å². The lowest BCUT2D eigenvalue weighted by Crippen LogP contribution is -1.83. The molecule has 0 aliphatic carbocycles. The molecular formula is C32H40S16. The molecule has 0 saturated heterocycles. The summed E-state index contributed by atoms with van der Waals surface area (Å²) in [7, 11) is 0.